The van der Waals surface area contributed by atoms with Crippen LogP contribution >= 0.6 is 0 Å². The second kappa shape index (κ2) is 8.85. The van der Waals surface area contributed by atoms with Crippen molar-refractivity contribution in [3.63, 3.8) is 0 Å². The summed E-state index contributed by atoms with van der Waals surface area (Å²) in [6.45, 7) is 0.148. The first-order valence-corrected chi connectivity index (χ1v) is 10.9. The molecular weight excluding hydrogens is 432 g/mol. The predicted molar refractivity (Wildman–Crippen MR) is 102 cm³/mol. The predicted octanol–water partition coefficient (Wildman–Crippen LogP) is -2.20. The maximum atomic E-state index is 13.6. The van der Waals surface area contributed by atoms with E-state index >= 15 is 0 Å². The number of aliphatic hydroxyl groups excluding tert-OH is 1. The molecule has 2 N–H and O–H groups in total. The van der Waals surface area contributed by atoms with Crippen molar-refractivity contribution in [1.29, 1.82) is 0 Å². The molecule has 2 heterocycles. The Morgan fingerprint density at radius 3 is 2.52 bits per heavy atom. The number of morpholine rings is 1. The van der Waals surface area contributed by atoms with E-state index < -0.39 is 61.4 Å². The molecule has 168 valence electrons. The summed E-state index contributed by atoms with van der Waals surface area (Å²) in [6.07, 6.45) is -1.18. The Morgan fingerprint density at radius 2 is 1.90 bits per heavy atom. The van der Waals surface area contributed by atoms with Crippen LogP contribution in [0.15, 0.2) is 40.9 Å². The van der Waals surface area contributed by atoms with Gasteiger partial charge in [-0.25, -0.2) is 4.79 Å². The molecule has 1 saturated heterocycles. The van der Waals surface area contributed by atoms with Gasteiger partial charge < -0.3 is 24.9 Å². The van der Waals surface area contributed by atoms with E-state index in [4.69, 9.17) is 9.84 Å². The third kappa shape index (κ3) is 4.38. The molecule has 0 amide bonds. The summed E-state index contributed by atoms with van der Waals surface area (Å²) in [5.41, 5.74) is -1.25. The Balaban J connectivity index is 2.12. The number of carboxylic acid groups (broad SMARTS) is 2. The monoisotopic (exact) mass is 454 g/mol. The highest BCUT2D eigenvalue weighted by atomic mass is 32.2. The molecule has 1 aromatic carbocycles. The van der Waals surface area contributed by atoms with E-state index in [2.05, 4.69) is 0 Å². The maximum absolute atomic E-state index is 13.6. The third-order valence-corrected chi connectivity index (χ3v) is 7.62. The molecule has 0 bridgehead atoms. The number of quaternary nitrogens is 1. The molecule has 2 atom stereocenters. The highest BCUT2D eigenvalue weighted by molar-refractivity contribution is 7.86. The summed E-state index contributed by atoms with van der Waals surface area (Å²) >= 11 is 0. The molecule has 2 aliphatic rings. The second-order valence-electron chi connectivity index (χ2n) is 7.35. The van der Waals surface area contributed by atoms with Crippen molar-refractivity contribution in [2.75, 3.05) is 45.9 Å². The van der Waals surface area contributed by atoms with Gasteiger partial charge in [0.25, 0.3) is 0 Å². The van der Waals surface area contributed by atoms with Gasteiger partial charge in [0, 0.05) is 25.2 Å². The van der Waals surface area contributed by atoms with Crippen LogP contribution in [-0.2, 0) is 24.3 Å². The molecule has 2 unspecified atom stereocenters. The highest BCUT2D eigenvalue weighted by Gasteiger charge is 2.55. The van der Waals surface area contributed by atoms with Crippen molar-refractivity contribution in [2.45, 2.75) is 11.0 Å². The molecule has 0 saturated carbocycles. The first-order chi connectivity index (χ1) is 14.6. The summed E-state index contributed by atoms with van der Waals surface area (Å²) < 4.78 is 30.8. The fourth-order valence-corrected chi connectivity index (χ4v) is 6.06. The van der Waals surface area contributed by atoms with Crippen LogP contribution in [0.2, 0.25) is 0 Å². The number of nitrogens with zero attached hydrogens (tertiary/aromatic N) is 2. The third-order valence-electron chi connectivity index (χ3n) is 5.31. The van der Waals surface area contributed by atoms with E-state index in [0.29, 0.717) is 26.3 Å². The molecule has 31 heavy (non-hydrogen) atoms. The molecule has 0 radical (unpaired) electrons. The van der Waals surface area contributed by atoms with E-state index in [1.807, 2.05) is 0 Å². The van der Waals surface area contributed by atoms with Gasteiger partial charge in [0.15, 0.2) is 12.2 Å². The SMILES string of the molecule is O=C(O)/C=C(\C(=O)[O-])[N+]1(CC(O)CN2CCOCC2)CC(=O)c2ccccc2S1(=O)=O. The molecule has 0 aromatic heterocycles. The van der Waals surface area contributed by atoms with Gasteiger partial charge in [-0.2, -0.15) is 12.3 Å². The Bertz CT molecular complexity index is 1030. The molecule has 12 heteroatoms. The normalized spacial score (nSPS) is 24.9. The second-order valence-corrected chi connectivity index (χ2v) is 9.44. The first-order valence-electron chi connectivity index (χ1n) is 9.48. The quantitative estimate of drug-likeness (QED) is 0.342. The number of hydrogen-bond acceptors (Lipinski definition) is 9. The van der Waals surface area contributed by atoms with Gasteiger partial charge in [0.2, 0.25) is 5.78 Å². The average Bonchev–Trinajstić information content (AvgIpc) is 2.71. The standard InChI is InChI=1S/C19H22N2O9S/c22-13(10-20-5-7-30-8-6-20)11-21(15(19(26)27)9-18(24)25)12-16(23)14-3-1-2-4-17(14)31(21,28)29/h1-4,9,13,22H,5-8,10-12H2,(H-,24,25,26,27)/b15-9+. The number of hydrogen-bond donors (Lipinski definition) is 2. The number of carbonyl (C=O) groups excluding carboxylic acids is 2. The van der Waals surface area contributed by atoms with Crippen LogP contribution < -0.4 is 5.11 Å². The zero-order valence-electron chi connectivity index (χ0n) is 16.5. The van der Waals surface area contributed by atoms with Crippen LogP contribution in [0.5, 0.6) is 0 Å². The Hall–Kier alpha value is -2.64. The average molecular weight is 454 g/mol. The van der Waals surface area contributed by atoms with E-state index in [9.17, 15) is 33.0 Å². The van der Waals surface area contributed by atoms with E-state index in [1.54, 1.807) is 4.90 Å². The van der Waals surface area contributed by atoms with Crippen LogP contribution in [0.1, 0.15) is 10.4 Å². The number of rotatable bonds is 7. The van der Waals surface area contributed by atoms with Crippen molar-refractivity contribution < 1.29 is 46.7 Å². The van der Waals surface area contributed by atoms with E-state index in [-0.39, 0.29) is 18.2 Å². The number of Topliss-reactive ketones (excluding diaryl/α,β-unsaturated/α-hetero) is 1. The lowest BCUT2D eigenvalue weighted by molar-refractivity contribution is -0.760. The topological polar surface area (TPSA) is 161 Å². The number of ether oxygens (including phenoxy) is 1. The van der Waals surface area contributed by atoms with Gasteiger partial charge in [0.05, 0.1) is 19.3 Å². The lowest BCUT2D eigenvalue weighted by atomic mass is 10.1. The molecule has 0 spiro atoms. The fraction of sp³-hybridized carbons (Fsp3) is 0.421. The first kappa shape index (κ1) is 23.0. The summed E-state index contributed by atoms with van der Waals surface area (Å²) in [7, 11) is -4.64. The molecule has 11 nitrogen and oxygen atoms in total. The van der Waals surface area contributed by atoms with Crippen molar-refractivity contribution in [2.24, 2.45) is 0 Å². The number of aliphatic carboxylic acids is 2. The van der Waals surface area contributed by atoms with Gasteiger partial charge in [0.1, 0.15) is 23.5 Å². The van der Waals surface area contributed by atoms with Gasteiger partial charge in [-0.1, -0.05) is 12.1 Å². The number of ketones is 1. The number of carboxylic acids is 2. The lowest BCUT2D eigenvalue weighted by Gasteiger charge is -2.42. The van der Waals surface area contributed by atoms with Crippen molar-refractivity contribution in [3.05, 3.63) is 41.6 Å². The fourth-order valence-electron chi connectivity index (χ4n) is 3.93. The van der Waals surface area contributed by atoms with E-state index in [0.717, 1.165) is 6.07 Å². The molecule has 1 aromatic rings. The number of aliphatic hydroxyl groups is 1. The number of sulfonamides is 1. The van der Waals surface area contributed by atoms with Crippen LogP contribution in [0.4, 0.5) is 0 Å². The van der Waals surface area contributed by atoms with Crippen LogP contribution in [-0.4, -0.2) is 97.2 Å². The summed E-state index contributed by atoms with van der Waals surface area (Å²) in [4.78, 5) is 37.3. The molecular formula is C19H22N2O9S. The Morgan fingerprint density at radius 1 is 1.26 bits per heavy atom. The highest BCUT2D eigenvalue weighted by Crippen LogP contribution is 2.37. The van der Waals surface area contributed by atoms with E-state index in [1.165, 1.54) is 18.2 Å². The minimum Gasteiger partial charge on any atom is -0.540 e. The number of carbonyl (C=O) groups is 3. The molecule has 1 fully saturated rings. The van der Waals surface area contributed by atoms with Gasteiger partial charge in [-0.15, -0.1) is 0 Å². The van der Waals surface area contributed by atoms with Crippen LogP contribution in [0.25, 0.3) is 0 Å². The Labute approximate surface area is 178 Å². The number of fused-ring (bicyclic) bond motifs is 1. The number of β-amino-alcohol motifs (C(OH)–C–C–N with tert-alkyl or cyclic N) is 1. The van der Waals surface area contributed by atoms with Crippen molar-refractivity contribution in [1.82, 2.24) is 4.90 Å². The zero-order valence-corrected chi connectivity index (χ0v) is 17.3. The molecule has 0 aliphatic carbocycles. The van der Waals surface area contributed by atoms with Gasteiger partial charge >= 0.3 is 16.0 Å². The minimum absolute atomic E-state index is 0.0118. The largest absolute Gasteiger partial charge is 0.540 e. The van der Waals surface area contributed by atoms with Gasteiger partial charge in [-0.3, -0.25) is 9.69 Å². The lowest BCUT2D eigenvalue weighted by Crippen LogP contribution is -2.63. The summed E-state index contributed by atoms with van der Waals surface area (Å²) in [5.74, 6) is -4.47. The summed E-state index contributed by atoms with van der Waals surface area (Å²) in [6, 6.07) is 5.28. The maximum Gasteiger partial charge on any atom is 0.334 e. The number of benzene rings is 1. The van der Waals surface area contributed by atoms with Crippen molar-refractivity contribution in [3.8, 4) is 0 Å². The molecule has 3 rings (SSSR count). The Kier molecular flexibility index (Phi) is 6.57. The van der Waals surface area contributed by atoms with Crippen LogP contribution in [0, 0.1) is 0 Å². The smallest absolute Gasteiger partial charge is 0.334 e. The van der Waals surface area contributed by atoms with Gasteiger partial charge in [-0.05, 0) is 12.1 Å². The minimum atomic E-state index is -4.64. The van der Waals surface area contributed by atoms with Crippen LogP contribution in [0.3, 0.4) is 0 Å². The van der Waals surface area contributed by atoms with Crippen molar-refractivity contribution >= 4 is 27.7 Å². The summed E-state index contributed by atoms with van der Waals surface area (Å²) in [5, 5.41) is 31.7. The zero-order chi connectivity index (χ0) is 22.8. The molecule has 2 aliphatic heterocycles.